The summed E-state index contributed by atoms with van der Waals surface area (Å²) in [5, 5.41) is 5.58. The van der Waals surface area contributed by atoms with Crippen LogP contribution in [0.2, 0.25) is 0 Å². The van der Waals surface area contributed by atoms with Crippen LogP contribution in [-0.4, -0.2) is 38.1 Å². The van der Waals surface area contributed by atoms with Crippen LogP contribution in [0.5, 0.6) is 11.5 Å². The van der Waals surface area contributed by atoms with Crippen molar-refractivity contribution >= 4 is 11.8 Å². The van der Waals surface area contributed by atoms with Gasteiger partial charge in [-0.3, -0.25) is 9.59 Å². The molecular weight excluding hydrogens is 428 g/mol. The Kier molecular flexibility index (Phi) is 11.9. The maximum Gasteiger partial charge on any atom is 0.243 e. The third-order valence-electron chi connectivity index (χ3n) is 5.32. The highest BCUT2D eigenvalue weighted by Crippen LogP contribution is 2.41. The fourth-order valence-corrected chi connectivity index (χ4v) is 3.36. The third-order valence-corrected chi connectivity index (χ3v) is 5.32. The molecule has 0 saturated carbocycles. The Balaban J connectivity index is 2.89. The quantitative estimate of drug-likeness (QED) is 0.288. The van der Waals surface area contributed by atoms with Crippen LogP contribution >= 0.6 is 0 Å². The van der Waals surface area contributed by atoms with E-state index in [0.29, 0.717) is 26.3 Å². The summed E-state index contributed by atoms with van der Waals surface area (Å²) in [7, 11) is 0. The van der Waals surface area contributed by atoms with Crippen molar-refractivity contribution < 1.29 is 19.1 Å². The van der Waals surface area contributed by atoms with Gasteiger partial charge >= 0.3 is 0 Å². The first kappa shape index (κ1) is 29.3. The molecule has 0 unspecified atom stereocenters. The number of unbranched alkanes of at least 4 members (excludes halogenated alkanes) is 2. The van der Waals surface area contributed by atoms with Crippen molar-refractivity contribution in [2.24, 2.45) is 0 Å². The predicted octanol–water partition coefficient (Wildman–Crippen LogP) is 5.20. The molecule has 0 aliphatic rings. The second-order valence-corrected chi connectivity index (χ2v) is 10.4. The molecule has 2 amide bonds. The van der Waals surface area contributed by atoms with Crippen LogP contribution < -0.4 is 20.1 Å². The van der Waals surface area contributed by atoms with E-state index < -0.39 is 0 Å². The van der Waals surface area contributed by atoms with E-state index in [1.54, 1.807) is 0 Å². The maximum absolute atomic E-state index is 11.3. The van der Waals surface area contributed by atoms with Gasteiger partial charge in [-0.15, -0.1) is 0 Å². The molecule has 0 aliphatic carbocycles. The zero-order chi connectivity index (χ0) is 25.8. The van der Waals surface area contributed by atoms with Gasteiger partial charge in [0.2, 0.25) is 11.8 Å². The molecule has 0 radical (unpaired) electrons. The summed E-state index contributed by atoms with van der Waals surface area (Å²) in [6, 6.07) is 4.25. The molecular formula is C28H44N2O4. The Hall–Kier alpha value is -2.76. The highest BCUT2D eigenvalue weighted by Gasteiger charge is 2.26. The monoisotopic (exact) mass is 472 g/mol. The molecule has 1 aromatic rings. The molecule has 0 heterocycles. The number of rotatable bonds is 14. The van der Waals surface area contributed by atoms with E-state index in [9.17, 15) is 9.59 Å². The Morgan fingerprint density at radius 2 is 1.09 bits per heavy atom. The van der Waals surface area contributed by atoms with Crippen molar-refractivity contribution in [2.45, 2.75) is 78.1 Å². The molecule has 0 atom stereocenters. The van der Waals surface area contributed by atoms with Gasteiger partial charge in [0.1, 0.15) is 11.5 Å². The van der Waals surface area contributed by atoms with Crippen LogP contribution in [0.25, 0.3) is 0 Å². The van der Waals surface area contributed by atoms with Crippen LogP contribution in [0.3, 0.4) is 0 Å². The molecule has 1 rings (SSSR count). The first-order valence-corrected chi connectivity index (χ1v) is 12.1. The van der Waals surface area contributed by atoms with Crippen LogP contribution in [0.1, 0.15) is 78.4 Å². The van der Waals surface area contributed by atoms with Gasteiger partial charge in [0, 0.05) is 24.2 Å². The lowest BCUT2D eigenvalue weighted by atomic mass is 9.81. The van der Waals surface area contributed by atoms with Crippen LogP contribution in [0.15, 0.2) is 37.4 Å². The van der Waals surface area contributed by atoms with Gasteiger partial charge in [0.05, 0.1) is 13.2 Å². The minimum Gasteiger partial charge on any atom is -0.493 e. The summed E-state index contributed by atoms with van der Waals surface area (Å²) in [4.78, 5) is 22.5. The van der Waals surface area contributed by atoms with Gasteiger partial charge in [-0.1, -0.05) is 54.7 Å². The van der Waals surface area contributed by atoms with Gasteiger partial charge in [-0.05, 0) is 60.8 Å². The molecule has 0 spiro atoms. The number of carbonyl (C=O) groups is 2. The SMILES string of the molecule is C=CC(=O)NCCCCOc1cc(C(C)(C)C)c(OCCCCNC(=O)C=C)cc1C(C)(C)C. The van der Waals surface area contributed by atoms with E-state index in [4.69, 9.17) is 9.47 Å². The molecule has 1 aromatic carbocycles. The van der Waals surface area contributed by atoms with Crippen LogP contribution in [0.4, 0.5) is 0 Å². The molecule has 0 aliphatic heterocycles. The predicted molar refractivity (Wildman–Crippen MR) is 140 cm³/mol. The molecule has 2 N–H and O–H groups in total. The average Bonchev–Trinajstić information content (AvgIpc) is 2.76. The van der Waals surface area contributed by atoms with E-state index in [1.165, 1.54) is 12.2 Å². The third kappa shape index (κ3) is 10.4. The lowest BCUT2D eigenvalue weighted by Gasteiger charge is -2.29. The first-order chi connectivity index (χ1) is 15.9. The molecule has 0 bridgehead atoms. The minimum absolute atomic E-state index is 0.114. The number of nitrogens with one attached hydrogen (secondary N) is 2. The summed E-state index contributed by atoms with van der Waals surface area (Å²) in [6.07, 6.45) is 5.92. The lowest BCUT2D eigenvalue weighted by molar-refractivity contribution is -0.117. The number of ether oxygens (including phenoxy) is 2. The first-order valence-electron chi connectivity index (χ1n) is 12.1. The molecule has 6 nitrogen and oxygen atoms in total. The van der Waals surface area contributed by atoms with Crippen molar-refractivity contribution in [2.75, 3.05) is 26.3 Å². The Morgan fingerprint density at radius 3 is 1.38 bits per heavy atom. The van der Waals surface area contributed by atoms with Gasteiger partial charge in [-0.2, -0.15) is 0 Å². The number of hydrogen-bond acceptors (Lipinski definition) is 4. The standard InChI is InChI=1S/C28H44N2O4/c1-9-25(31)29-15-11-13-17-33-23-19-22(28(6,7)8)24(20-21(23)27(3,4)5)34-18-14-12-16-30-26(32)10-2/h9-10,19-20H,1-2,11-18H2,3-8H3,(H,29,31)(H,30,32). The van der Waals surface area contributed by atoms with E-state index in [-0.39, 0.29) is 22.6 Å². The van der Waals surface area contributed by atoms with Gasteiger partial charge in [-0.25, -0.2) is 0 Å². The van der Waals surface area contributed by atoms with Crippen molar-refractivity contribution in [3.63, 3.8) is 0 Å². The van der Waals surface area contributed by atoms with Gasteiger partial charge in [0.15, 0.2) is 0 Å². The highest BCUT2D eigenvalue weighted by atomic mass is 16.5. The summed E-state index contributed by atoms with van der Waals surface area (Å²) in [6.45, 7) is 22.3. The highest BCUT2D eigenvalue weighted by molar-refractivity contribution is 5.87. The summed E-state index contributed by atoms with van der Waals surface area (Å²) < 4.78 is 12.5. The van der Waals surface area contributed by atoms with E-state index >= 15 is 0 Å². The largest absolute Gasteiger partial charge is 0.493 e. The van der Waals surface area contributed by atoms with Crippen molar-refractivity contribution in [3.05, 3.63) is 48.6 Å². The summed E-state index contributed by atoms with van der Waals surface area (Å²) >= 11 is 0. The maximum atomic E-state index is 11.3. The molecule has 6 heteroatoms. The van der Waals surface area contributed by atoms with Crippen molar-refractivity contribution in [3.8, 4) is 11.5 Å². The molecule has 34 heavy (non-hydrogen) atoms. The van der Waals surface area contributed by atoms with Crippen LogP contribution in [-0.2, 0) is 20.4 Å². The normalized spacial score (nSPS) is 11.5. The second kappa shape index (κ2) is 13.8. The fourth-order valence-electron chi connectivity index (χ4n) is 3.36. The smallest absolute Gasteiger partial charge is 0.243 e. The van der Waals surface area contributed by atoms with Gasteiger partial charge < -0.3 is 20.1 Å². The Morgan fingerprint density at radius 1 is 0.735 bits per heavy atom. The number of amides is 2. The lowest BCUT2D eigenvalue weighted by Crippen LogP contribution is -2.22. The minimum atomic E-state index is -0.150. The second-order valence-electron chi connectivity index (χ2n) is 10.4. The van der Waals surface area contributed by atoms with E-state index in [2.05, 4.69) is 77.5 Å². The zero-order valence-corrected chi connectivity index (χ0v) is 22.0. The molecule has 190 valence electrons. The summed E-state index contributed by atoms with van der Waals surface area (Å²) in [5.74, 6) is 1.46. The van der Waals surface area contributed by atoms with E-state index in [1.807, 2.05) is 0 Å². The van der Waals surface area contributed by atoms with E-state index in [0.717, 1.165) is 48.3 Å². The van der Waals surface area contributed by atoms with Gasteiger partial charge in [0.25, 0.3) is 0 Å². The molecule has 0 fully saturated rings. The number of carbonyl (C=O) groups excluding carboxylic acids is 2. The topological polar surface area (TPSA) is 76.7 Å². The van der Waals surface area contributed by atoms with Crippen molar-refractivity contribution in [1.82, 2.24) is 10.6 Å². The zero-order valence-electron chi connectivity index (χ0n) is 22.0. The number of benzene rings is 1. The Labute approximate surface area is 206 Å². The fraction of sp³-hybridized carbons (Fsp3) is 0.571. The summed E-state index contributed by atoms with van der Waals surface area (Å²) in [5.41, 5.74) is 1.98. The van der Waals surface area contributed by atoms with Crippen molar-refractivity contribution in [1.29, 1.82) is 0 Å². The van der Waals surface area contributed by atoms with Crippen LogP contribution in [0, 0.1) is 0 Å². The number of hydrogen-bond donors (Lipinski definition) is 2. The average molecular weight is 473 g/mol. The molecule has 0 saturated heterocycles. The Bertz CT molecular complexity index is 762. The molecule has 0 aromatic heterocycles.